The molecule has 10 heteroatoms. The first-order valence-electron chi connectivity index (χ1n) is 7.76. The Morgan fingerprint density at radius 2 is 2.08 bits per heavy atom. The van der Waals surface area contributed by atoms with Gasteiger partial charge in [-0.05, 0) is 17.7 Å². The molecule has 1 aliphatic rings. The Morgan fingerprint density at radius 1 is 1.31 bits per heavy atom. The Morgan fingerprint density at radius 3 is 2.77 bits per heavy atom. The first kappa shape index (κ1) is 17.9. The van der Waals surface area contributed by atoms with Crippen LogP contribution in [0.1, 0.15) is 28.2 Å². The first-order valence-corrected chi connectivity index (χ1v) is 8.75. The van der Waals surface area contributed by atoms with Crippen molar-refractivity contribution in [1.82, 2.24) is 20.4 Å². The van der Waals surface area contributed by atoms with Gasteiger partial charge < -0.3 is 14.1 Å². The molecule has 2 heterocycles. The Hall–Kier alpha value is -2.88. The van der Waals surface area contributed by atoms with Crippen molar-refractivity contribution in [3.8, 4) is 0 Å². The fourth-order valence-electron chi connectivity index (χ4n) is 2.27. The molecule has 1 saturated heterocycles. The Bertz CT molecular complexity index is 820. The minimum Gasteiger partial charge on any atom is -0.465 e. The molecule has 9 nitrogen and oxygen atoms in total. The van der Waals surface area contributed by atoms with Gasteiger partial charge in [-0.3, -0.25) is 10.1 Å². The quantitative estimate of drug-likeness (QED) is 0.597. The van der Waals surface area contributed by atoms with Gasteiger partial charge in [0.05, 0.1) is 12.7 Å². The molecule has 1 aromatic heterocycles. The van der Waals surface area contributed by atoms with Crippen LogP contribution >= 0.6 is 11.8 Å². The number of methoxy groups -OCH3 is 1. The molecule has 1 aliphatic heterocycles. The summed E-state index contributed by atoms with van der Waals surface area (Å²) in [7, 11) is 1.34. The summed E-state index contributed by atoms with van der Waals surface area (Å²) >= 11 is 1.35. The highest BCUT2D eigenvalue weighted by atomic mass is 32.2. The van der Waals surface area contributed by atoms with Gasteiger partial charge in [0.15, 0.2) is 0 Å². The van der Waals surface area contributed by atoms with E-state index in [1.165, 1.54) is 23.8 Å². The average molecular weight is 376 g/mol. The molecule has 3 amide bonds. The van der Waals surface area contributed by atoms with E-state index in [0.717, 1.165) is 5.56 Å². The number of nitrogens with zero attached hydrogens (tertiary/aromatic N) is 3. The number of aromatic nitrogens is 2. The Balaban J connectivity index is 1.53. The van der Waals surface area contributed by atoms with Crippen LogP contribution in [0.25, 0.3) is 0 Å². The number of amides is 3. The number of hydrogen-bond acceptors (Lipinski definition) is 8. The third-order valence-electron chi connectivity index (χ3n) is 3.65. The van der Waals surface area contributed by atoms with Gasteiger partial charge >= 0.3 is 12.0 Å². The van der Waals surface area contributed by atoms with Crippen LogP contribution in [0.5, 0.6) is 0 Å². The summed E-state index contributed by atoms with van der Waals surface area (Å²) in [6.07, 6.45) is 0.253. The van der Waals surface area contributed by atoms with Crippen LogP contribution in [0.4, 0.5) is 4.79 Å². The third kappa shape index (κ3) is 4.39. The summed E-state index contributed by atoms with van der Waals surface area (Å²) < 4.78 is 10.2. The van der Waals surface area contributed by atoms with Crippen LogP contribution < -0.4 is 5.32 Å². The normalized spacial score (nSPS) is 14.3. The summed E-state index contributed by atoms with van der Waals surface area (Å²) in [4.78, 5) is 35.7. The molecule has 1 aromatic carbocycles. The second-order valence-corrected chi connectivity index (χ2v) is 6.39. The van der Waals surface area contributed by atoms with Gasteiger partial charge in [-0.1, -0.05) is 23.9 Å². The molecule has 1 N–H and O–H groups in total. The number of ether oxygens (including phenoxy) is 1. The molecule has 0 atom stereocenters. The number of thioether (sulfide) groups is 1. The lowest BCUT2D eigenvalue weighted by molar-refractivity contribution is -0.121. The second-order valence-electron chi connectivity index (χ2n) is 5.46. The van der Waals surface area contributed by atoms with E-state index >= 15 is 0 Å². The molecule has 26 heavy (non-hydrogen) atoms. The van der Waals surface area contributed by atoms with E-state index in [9.17, 15) is 14.4 Å². The Labute approximate surface area is 153 Å². The minimum atomic E-state index is -0.459. The lowest BCUT2D eigenvalue weighted by Gasteiger charge is -2.24. The highest BCUT2D eigenvalue weighted by molar-refractivity contribution is 7.98. The number of carbonyl (C=O) groups is 3. The smallest absolute Gasteiger partial charge is 0.337 e. The molecule has 0 spiro atoms. The number of hydrogen-bond donors (Lipinski definition) is 1. The lowest BCUT2D eigenvalue weighted by atomic mass is 10.1. The van der Waals surface area contributed by atoms with Gasteiger partial charge in [0.2, 0.25) is 11.8 Å². The molecule has 0 unspecified atom stereocenters. The number of rotatable bonds is 6. The van der Waals surface area contributed by atoms with Gasteiger partial charge in [-0.2, -0.15) is 0 Å². The van der Waals surface area contributed by atoms with Crippen LogP contribution in [-0.4, -0.2) is 46.7 Å². The van der Waals surface area contributed by atoms with Gasteiger partial charge in [-0.25, -0.2) is 9.59 Å². The molecule has 0 radical (unpaired) electrons. The van der Waals surface area contributed by atoms with E-state index in [-0.39, 0.29) is 24.8 Å². The van der Waals surface area contributed by atoms with Crippen molar-refractivity contribution in [3.63, 3.8) is 0 Å². The minimum absolute atomic E-state index is 0.153. The van der Waals surface area contributed by atoms with Crippen LogP contribution in [0.15, 0.2) is 33.9 Å². The SMILES string of the molecule is COC(=O)c1ccc(CSc2nnc(CN3CCC(=O)NC3=O)o2)cc1. The molecule has 0 saturated carbocycles. The Kier molecular flexibility index (Phi) is 5.52. The topological polar surface area (TPSA) is 115 Å². The first-order chi connectivity index (χ1) is 12.5. The zero-order chi connectivity index (χ0) is 18.5. The highest BCUT2D eigenvalue weighted by Crippen LogP contribution is 2.22. The van der Waals surface area contributed by atoms with Gasteiger partial charge in [0.1, 0.15) is 6.54 Å². The molecular weight excluding hydrogens is 360 g/mol. The zero-order valence-corrected chi connectivity index (χ0v) is 14.7. The molecule has 136 valence electrons. The van der Waals surface area contributed by atoms with Crippen LogP contribution in [0, 0.1) is 0 Å². The summed E-state index contributed by atoms with van der Waals surface area (Å²) in [6, 6.07) is 6.57. The number of imide groups is 1. The monoisotopic (exact) mass is 376 g/mol. The fourth-order valence-corrected chi connectivity index (χ4v) is 3.01. The van der Waals surface area contributed by atoms with Crippen molar-refractivity contribution < 1.29 is 23.5 Å². The highest BCUT2D eigenvalue weighted by Gasteiger charge is 2.24. The lowest BCUT2D eigenvalue weighted by Crippen LogP contribution is -2.48. The average Bonchev–Trinajstić information content (AvgIpc) is 3.09. The van der Waals surface area contributed by atoms with Gasteiger partial charge in [0, 0.05) is 18.7 Å². The van der Waals surface area contributed by atoms with E-state index in [1.807, 2.05) is 12.1 Å². The maximum Gasteiger partial charge on any atom is 0.337 e. The molecule has 3 rings (SSSR count). The molecule has 2 aromatic rings. The number of urea groups is 1. The number of benzene rings is 1. The van der Waals surface area contributed by atoms with E-state index in [2.05, 4.69) is 20.3 Å². The third-order valence-corrected chi connectivity index (χ3v) is 4.54. The molecule has 0 aliphatic carbocycles. The van der Waals surface area contributed by atoms with Crippen molar-refractivity contribution >= 4 is 29.7 Å². The van der Waals surface area contributed by atoms with Gasteiger partial charge in [-0.15, -0.1) is 10.2 Å². The number of nitrogens with one attached hydrogen (secondary N) is 1. The fraction of sp³-hybridized carbons (Fsp3) is 0.312. The van der Waals surface area contributed by atoms with Crippen molar-refractivity contribution in [1.29, 1.82) is 0 Å². The van der Waals surface area contributed by atoms with E-state index in [4.69, 9.17) is 4.42 Å². The maximum atomic E-state index is 11.7. The number of carbonyl (C=O) groups excluding carboxylic acids is 3. The molecule has 0 bridgehead atoms. The van der Waals surface area contributed by atoms with Crippen molar-refractivity contribution in [2.24, 2.45) is 0 Å². The van der Waals surface area contributed by atoms with Crippen LogP contribution in [0.3, 0.4) is 0 Å². The molecule has 1 fully saturated rings. The maximum absolute atomic E-state index is 11.7. The van der Waals surface area contributed by atoms with E-state index < -0.39 is 6.03 Å². The van der Waals surface area contributed by atoms with Crippen molar-refractivity contribution in [2.45, 2.75) is 23.9 Å². The standard InChI is InChI=1S/C16H16N4O5S/c1-24-14(22)11-4-2-10(3-5-11)9-26-16-19-18-13(25-16)8-20-7-6-12(21)17-15(20)23/h2-5H,6-9H2,1H3,(H,17,21,23). The van der Waals surface area contributed by atoms with E-state index in [1.54, 1.807) is 12.1 Å². The predicted octanol–water partition coefficient (Wildman–Crippen LogP) is 1.59. The summed E-state index contributed by atoms with van der Waals surface area (Å²) in [6.45, 7) is 0.475. The number of esters is 1. The van der Waals surface area contributed by atoms with E-state index in [0.29, 0.717) is 29.0 Å². The zero-order valence-electron chi connectivity index (χ0n) is 13.9. The van der Waals surface area contributed by atoms with Gasteiger partial charge in [0.25, 0.3) is 5.22 Å². The largest absolute Gasteiger partial charge is 0.465 e. The summed E-state index contributed by atoms with van der Waals surface area (Å²) in [5.74, 6) is 0.223. The van der Waals surface area contributed by atoms with Crippen LogP contribution in [-0.2, 0) is 21.8 Å². The van der Waals surface area contributed by atoms with Crippen molar-refractivity contribution in [2.75, 3.05) is 13.7 Å². The summed E-state index contributed by atoms with van der Waals surface area (Å²) in [5.41, 5.74) is 1.47. The molecular formula is C16H16N4O5S. The summed E-state index contributed by atoms with van der Waals surface area (Å²) in [5, 5.41) is 10.5. The van der Waals surface area contributed by atoms with Crippen LogP contribution in [0.2, 0.25) is 0 Å². The second kappa shape index (κ2) is 8.00. The van der Waals surface area contributed by atoms with Crippen molar-refractivity contribution in [3.05, 3.63) is 41.3 Å². The predicted molar refractivity (Wildman–Crippen MR) is 90.2 cm³/mol.